The van der Waals surface area contributed by atoms with E-state index in [1.807, 2.05) is 42.6 Å². The normalized spacial score (nSPS) is 11.7. The van der Waals surface area contributed by atoms with Gasteiger partial charge < -0.3 is 10.4 Å². The Morgan fingerprint density at radius 2 is 1.93 bits per heavy atom. The highest BCUT2D eigenvalue weighted by molar-refractivity contribution is 5.92. The minimum Gasteiger partial charge on any atom is -0.389 e. The maximum atomic E-state index is 12.3. The number of hydrogen-bond donors (Lipinski definition) is 2. The van der Waals surface area contributed by atoms with Crippen molar-refractivity contribution in [2.24, 2.45) is 0 Å². The number of carbonyl (C=O) groups is 1. The van der Waals surface area contributed by atoms with Crippen molar-refractivity contribution >= 4 is 17.2 Å². The first kappa shape index (κ1) is 18.8. The smallest absolute Gasteiger partial charge is 0.228 e. The molecule has 3 aromatic heterocycles. The second-order valence-electron chi connectivity index (χ2n) is 7.64. The third-order valence-corrected chi connectivity index (χ3v) is 4.40. The van der Waals surface area contributed by atoms with Crippen LogP contribution in [0.25, 0.3) is 16.8 Å². The van der Waals surface area contributed by atoms with Gasteiger partial charge in [-0.05, 0) is 42.7 Å². The molecule has 0 saturated carbocycles. The van der Waals surface area contributed by atoms with Gasteiger partial charge >= 0.3 is 0 Å². The van der Waals surface area contributed by atoms with Crippen LogP contribution in [0.2, 0.25) is 0 Å². The van der Waals surface area contributed by atoms with Crippen LogP contribution in [0.15, 0.2) is 61.3 Å². The first-order valence-corrected chi connectivity index (χ1v) is 9.29. The lowest BCUT2D eigenvalue weighted by atomic mass is 10.0. The van der Waals surface area contributed by atoms with Crippen LogP contribution in [0.3, 0.4) is 0 Å². The summed E-state index contributed by atoms with van der Waals surface area (Å²) in [5, 5.41) is 20.9. The van der Waals surface area contributed by atoms with Crippen LogP contribution >= 0.6 is 0 Å². The molecule has 0 fully saturated rings. The van der Waals surface area contributed by atoms with Gasteiger partial charge in [0.05, 0.1) is 30.5 Å². The molecule has 29 heavy (non-hydrogen) atoms. The van der Waals surface area contributed by atoms with Crippen LogP contribution in [0.4, 0.5) is 5.69 Å². The van der Waals surface area contributed by atoms with Crippen LogP contribution in [0.1, 0.15) is 19.4 Å². The predicted molar refractivity (Wildman–Crippen MR) is 109 cm³/mol. The van der Waals surface area contributed by atoms with Crippen molar-refractivity contribution in [3.63, 3.8) is 0 Å². The van der Waals surface area contributed by atoms with Gasteiger partial charge in [0.2, 0.25) is 5.91 Å². The van der Waals surface area contributed by atoms with E-state index in [2.05, 4.69) is 20.5 Å². The van der Waals surface area contributed by atoms with E-state index in [9.17, 15) is 9.90 Å². The number of hydrogen-bond acceptors (Lipinski definition) is 5. The number of nitrogens with one attached hydrogen (secondary N) is 1. The highest BCUT2D eigenvalue weighted by Crippen LogP contribution is 2.21. The zero-order valence-electron chi connectivity index (χ0n) is 16.3. The van der Waals surface area contributed by atoms with Gasteiger partial charge in [0.15, 0.2) is 5.65 Å². The zero-order chi connectivity index (χ0) is 20.4. The zero-order valence-corrected chi connectivity index (χ0v) is 16.3. The fourth-order valence-corrected chi connectivity index (χ4v) is 3.11. The molecule has 1 aromatic carbocycles. The lowest BCUT2D eigenvalue weighted by Crippen LogP contribution is -2.26. The first-order valence-electron chi connectivity index (χ1n) is 9.29. The maximum Gasteiger partial charge on any atom is 0.228 e. The Labute approximate surface area is 167 Å². The van der Waals surface area contributed by atoms with E-state index in [1.165, 1.54) is 6.33 Å². The molecule has 1 amide bonds. The van der Waals surface area contributed by atoms with Crippen LogP contribution in [-0.4, -0.2) is 41.0 Å². The molecule has 4 rings (SSSR count). The van der Waals surface area contributed by atoms with Crippen molar-refractivity contribution in [2.45, 2.75) is 32.4 Å². The van der Waals surface area contributed by atoms with E-state index in [0.717, 1.165) is 22.3 Å². The Hall–Kier alpha value is -3.52. The second kappa shape index (κ2) is 7.48. The number of fused-ring (bicyclic) bond motifs is 1. The molecule has 0 unspecified atom stereocenters. The molecule has 3 heterocycles. The number of aromatic nitrogens is 5. The van der Waals surface area contributed by atoms with E-state index < -0.39 is 5.60 Å². The van der Waals surface area contributed by atoms with E-state index in [0.29, 0.717) is 12.2 Å². The van der Waals surface area contributed by atoms with Crippen molar-refractivity contribution < 1.29 is 9.90 Å². The minimum absolute atomic E-state index is 0.120. The topological polar surface area (TPSA) is 97.3 Å². The highest BCUT2D eigenvalue weighted by atomic mass is 16.3. The molecule has 0 aliphatic carbocycles. The largest absolute Gasteiger partial charge is 0.389 e. The van der Waals surface area contributed by atoms with E-state index in [1.54, 1.807) is 35.4 Å². The van der Waals surface area contributed by atoms with E-state index >= 15 is 0 Å². The van der Waals surface area contributed by atoms with Gasteiger partial charge in [-0.1, -0.05) is 24.3 Å². The van der Waals surface area contributed by atoms with E-state index in [-0.39, 0.29) is 12.3 Å². The minimum atomic E-state index is -0.867. The molecule has 0 bridgehead atoms. The number of aliphatic hydroxyl groups is 1. The Morgan fingerprint density at radius 3 is 2.69 bits per heavy atom. The quantitative estimate of drug-likeness (QED) is 0.527. The molecule has 0 aliphatic rings. The summed E-state index contributed by atoms with van der Waals surface area (Å²) in [5.74, 6) is -0.120. The third-order valence-electron chi connectivity index (χ3n) is 4.40. The van der Waals surface area contributed by atoms with Crippen LogP contribution < -0.4 is 5.32 Å². The molecular formula is C21H22N6O2. The summed E-state index contributed by atoms with van der Waals surface area (Å²) in [5.41, 5.74) is 3.54. The standard InChI is InChI=1S/C21H22N6O2/c1-21(2,29)13-26-12-18(11-23-26)25-20(28)9-15-3-5-16(6-4-15)17-7-8-27-19(10-17)22-14-24-27/h3-8,10-12,14,29H,9,13H2,1-2H3,(H,25,28). The monoisotopic (exact) mass is 390 g/mol. The van der Waals surface area contributed by atoms with E-state index in [4.69, 9.17) is 0 Å². The summed E-state index contributed by atoms with van der Waals surface area (Å²) in [6, 6.07) is 11.8. The summed E-state index contributed by atoms with van der Waals surface area (Å²) >= 11 is 0. The first-order chi connectivity index (χ1) is 13.9. The van der Waals surface area contributed by atoms with Crippen LogP contribution in [-0.2, 0) is 17.8 Å². The number of pyridine rings is 1. The SMILES string of the molecule is CC(C)(O)Cn1cc(NC(=O)Cc2ccc(-c3ccn4ncnc4c3)cc2)cn1. The van der Waals surface area contributed by atoms with Gasteiger partial charge in [-0.15, -0.1) is 0 Å². The molecule has 8 heteroatoms. The fourth-order valence-electron chi connectivity index (χ4n) is 3.11. The van der Waals surface area contributed by atoms with Crippen LogP contribution in [0, 0.1) is 0 Å². The number of carbonyl (C=O) groups excluding carboxylic acids is 1. The molecule has 0 aliphatic heterocycles. The van der Waals surface area contributed by atoms with Gasteiger partial charge in [-0.3, -0.25) is 9.48 Å². The molecule has 0 atom stereocenters. The Morgan fingerprint density at radius 1 is 1.14 bits per heavy atom. The average molecular weight is 390 g/mol. The number of rotatable bonds is 6. The molecule has 148 valence electrons. The maximum absolute atomic E-state index is 12.3. The lowest BCUT2D eigenvalue weighted by molar-refractivity contribution is -0.115. The number of amides is 1. The fraction of sp³-hybridized carbons (Fsp3) is 0.238. The second-order valence-corrected chi connectivity index (χ2v) is 7.64. The van der Waals surface area contributed by atoms with Gasteiger partial charge in [0, 0.05) is 12.4 Å². The number of anilines is 1. The van der Waals surface area contributed by atoms with Gasteiger partial charge in [-0.2, -0.15) is 10.2 Å². The summed E-state index contributed by atoms with van der Waals surface area (Å²) in [4.78, 5) is 16.5. The van der Waals surface area contributed by atoms with Gasteiger partial charge in [-0.25, -0.2) is 9.50 Å². The summed E-state index contributed by atoms with van der Waals surface area (Å²) in [6.45, 7) is 3.77. The number of benzene rings is 1. The van der Waals surface area contributed by atoms with Crippen molar-refractivity contribution in [2.75, 3.05) is 5.32 Å². The van der Waals surface area contributed by atoms with Crippen molar-refractivity contribution in [1.29, 1.82) is 0 Å². The van der Waals surface area contributed by atoms with Crippen molar-refractivity contribution in [3.8, 4) is 11.1 Å². The van der Waals surface area contributed by atoms with Gasteiger partial charge in [0.25, 0.3) is 0 Å². The molecule has 0 spiro atoms. The predicted octanol–water partition coefficient (Wildman–Crippen LogP) is 2.54. The summed E-state index contributed by atoms with van der Waals surface area (Å²) in [6.07, 6.45) is 6.94. The highest BCUT2D eigenvalue weighted by Gasteiger charge is 2.14. The Balaban J connectivity index is 1.39. The number of nitrogens with zero attached hydrogens (tertiary/aromatic N) is 5. The molecular weight excluding hydrogens is 368 g/mol. The average Bonchev–Trinajstić information content (AvgIpc) is 3.29. The Bertz CT molecular complexity index is 1140. The molecule has 8 nitrogen and oxygen atoms in total. The molecule has 0 saturated heterocycles. The molecule has 2 N–H and O–H groups in total. The Kier molecular flexibility index (Phi) is 4.85. The van der Waals surface area contributed by atoms with Crippen molar-refractivity contribution in [1.82, 2.24) is 24.4 Å². The summed E-state index contributed by atoms with van der Waals surface area (Å²) < 4.78 is 3.32. The van der Waals surface area contributed by atoms with Gasteiger partial charge in [0.1, 0.15) is 6.33 Å². The third kappa shape index (κ3) is 4.67. The molecule has 0 radical (unpaired) electrons. The van der Waals surface area contributed by atoms with Crippen molar-refractivity contribution in [3.05, 3.63) is 66.9 Å². The lowest BCUT2D eigenvalue weighted by Gasteiger charge is -2.16. The molecule has 4 aromatic rings. The summed E-state index contributed by atoms with van der Waals surface area (Å²) in [7, 11) is 0. The van der Waals surface area contributed by atoms with Crippen LogP contribution in [0.5, 0.6) is 0 Å².